The quantitative estimate of drug-likeness (QED) is 0.849. The highest BCUT2D eigenvalue weighted by atomic mass is 16.5. The predicted octanol–water partition coefficient (Wildman–Crippen LogP) is 2.39. The van der Waals surface area contributed by atoms with Crippen molar-refractivity contribution in [2.45, 2.75) is 5.92 Å². The van der Waals surface area contributed by atoms with E-state index in [1.54, 1.807) is 25.3 Å². The molecule has 2 aromatic rings. The SMILES string of the molecule is COc1cc(NC(=O)C2COc3ccccc32)ccc1N. The van der Waals surface area contributed by atoms with Crippen LogP contribution in [0.4, 0.5) is 11.4 Å². The van der Waals surface area contributed by atoms with E-state index < -0.39 is 0 Å². The number of nitrogen functional groups attached to an aromatic ring is 1. The second-order valence-electron chi connectivity index (χ2n) is 4.85. The Kier molecular flexibility index (Phi) is 3.39. The molecule has 1 aliphatic heterocycles. The van der Waals surface area contributed by atoms with E-state index in [2.05, 4.69) is 5.32 Å². The zero-order valence-electron chi connectivity index (χ0n) is 11.6. The lowest BCUT2D eigenvalue weighted by molar-refractivity contribution is -0.117. The fraction of sp³-hybridized carbons (Fsp3) is 0.188. The molecule has 21 heavy (non-hydrogen) atoms. The molecule has 1 atom stereocenters. The van der Waals surface area contributed by atoms with E-state index in [0.29, 0.717) is 23.7 Å². The first kappa shape index (κ1) is 13.3. The van der Waals surface area contributed by atoms with Gasteiger partial charge in [-0.25, -0.2) is 0 Å². The highest BCUT2D eigenvalue weighted by Gasteiger charge is 2.30. The number of hydrogen-bond donors (Lipinski definition) is 2. The number of carbonyl (C=O) groups is 1. The van der Waals surface area contributed by atoms with Gasteiger partial charge in [-0.3, -0.25) is 4.79 Å². The second-order valence-corrected chi connectivity index (χ2v) is 4.85. The molecule has 5 nitrogen and oxygen atoms in total. The Labute approximate surface area is 122 Å². The van der Waals surface area contributed by atoms with Crippen LogP contribution in [0.15, 0.2) is 42.5 Å². The summed E-state index contributed by atoms with van der Waals surface area (Å²) in [7, 11) is 1.54. The van der Waals surface area contributed by atoms with Crippen LogP contribution < -0.4 is 20.5 Å². The lowest BCUT2D eigenvalue weighted by Crippen LogP contribution is -2.22. The van der Waals surface area contributed by atoms with Gasteiger partial charge in [-0.05, 0) is 18.2 Å². The summed E-state index contributed by atoms with van der Waals surface area (Å²) in [4.78, 5) is 12.4. The maximum Gasteiger partial charge on any atom is 0.235 e. The number of para-hydroxylation sites is 1. The minimum Gasteiger partial charge on any atom is -0.495 e. The van der Waals surface area contributed by atoms with Gasteiger partial charge in [0.2, 0.25) is 5.91 Å². The summed E-state index contributed by atoms with van der Waals surface area (Å²) in [5.74, 6) is 0.903. The molecule has 3 rings (SSSR count). The average molecular weight is 284 g/mol. The van der Waals surface area contributed by atoms with Crippen molar-refractivity contribution in [3.05, 3.63) is 48.0 Å². The van der Waals surface area contributed by atoms with E-state index in [0.717, 1.165) is 11.3 Å². The molecule has 108 valence electrons. The van der Waals surface area contributed by atoms with Crippen LogP contribution in [0.3, 0.4) is 0 Å². The Morgan fingerprint density at radius 1 is 1.33 bits per heavy atom. The number of rotatable bonds is 3. The fourth-order valence-corrected chi connectivity index (χ4v) is 2.40. The molecule has 0 aromatic heterocycles. The average Bonchev–Trinajstić information content (AvgIpc) is 2.93. The molecule has 0 radical (unpaired) electrons. The fourth-order valence-electron chi connectivity index (χ4n) is 2.40. The van der Waals surface area contributed by atoms with Gasteiger partial charge >= 0.3 is 0 Å². The van der Waals surface area contributed by atoms with Gasteiger partial charge in [0, 0.05) is 17.3 Å². The monoisotopic (exact) mass is 284 g/mol. The predicted molar refractivity (Wildman–Crippen MR) is 80.7 cm³/mol. The minimum absolute atomic E-state index is 0.105. The van der Waals surface area contributed by atoms with Crippen molar-refractivity contribution >= 4 is 17.3 Å². The molecular formula is C16H16N2O3. The number of hydrogen-bond acceptors (Lipinski definition) is 4. The number of anilines is 2. The molecule has 2 aromatic carbocycles. The lowest BCUT2D eigenvalue weighted by Gasteiger charge is -2.12. The first-order valence-corrected chi connectivity index (χ1v) is 6.65. The van der Waals surface area contributed by atoms with Crippen molar-refractivity contribution in [1.82, 2.24) is 0 Å². The highest BCUT2D eigenvalue weighted by Crippen LogP contribution is 2.34. The summed E-state index contributed by atoms with van der Waals surface area (Å²) in [6.07, 6.45) is 0. The normalized spacial score (nSPS) is 16.0. The van der Waals surface area contributed by atoms with Crippen LogP contribution >= 0.6 is 0 Å². The molecule has 0 spiro atoms. The topological polar surface area (TPSA) is 73.6 Å². The molecule has 1 aliphatic rings. The van der Waals surface area contributed by atoms with E-state index in [1.165, 1.54) is 0 Å². The van der Waals surface area contributed by atoms with Crippen molar-refractivity contribution in [3.8, 4) is 11.5 Å². The molecule has 5 heteroatoms. The molecule has 1 amide bonds. The molecule has 0 fully saturated rings. The van der Waals surface area contributed by atoms with E-state index in [9.17, 15) is 4.79 Å². The lowest BCUT2D eigenvalue weighted by atomic mass is 10.0. The van der Waals surface area contributed by atoms with E-state index in [4.69, 9.17) is 15.2 Å². The van der Waals surface area contributed by atoms with Gasteiger partial charge in [0.1, 0.15) is 24.0 Å². The molecule has 0 saturated carbocycles. The highest BCUT2D eigenvalue weighted by molar-refractivity contribution is 5.97. The third-order valence-electron chi connectivity index (χ3n) is 3.52. The standard InChI is InChI=1S/C16H16N2O3/c1-20-15-8-10(6-7-13(15)17)18-16(19)12-9-21-14-5-3-2-4-11(12)14/h2-8,12H,9,17H2,1H3,(H,18,19). The van der Waals surface area contributed by atoms with Gasteiger partial charge < -0.3 is 20.5 Å². The van der Waals surface area contributed by atoms with Crippen molar-refractivity contribution in [1.29, 1.82) is 0 Å². The van der Waals surface area contributed by atoms with E-state index >= 15 is 0 Å². The van der Waals surface area contributed by atoms with Gasteiger partial charge in [0.25, 0.3) is 0 Å². The van der Waals surface area contributed by atoms with Gasteiger partial charge in [-0.2, -0.15) is 0 Å². The summed E-state index contributed by atoms with van der Waals surface area (Å²) in [5.41, 5.74) is 7.85. The zero-order chi connectivity index (χ0) is 14.8. The third-order valence-corrected chi connectivity index (χ3v) is 3.52. The number of fused-ring (bicyclic) bond motifs is 1. The summed E-state index contributed by atoms with van der Waals surface area (Å²) in [6.45, 7) is 0.358. The van der Waals surface area contributed by atoms with Gasteiger partial charge in [-0.1, -0.05) is 18.2 Å². The molecule has 1 heterocycles. The van der Waals surface area contributed by atoms with Crippen molar-refractivity contribution < 1.29 is 14.3 Å². The smallest absolute Gasteiger partial charge is 0.235 e. The van der Waals surface area contributed by atoms with E-state index in [-0.39, 0.29) is 11.8 Å². The Balaban J connectivity index is 1.79. The number of nitrogens with two attached hydrogens (primary N) is 1. The van der Waals surface area contributed by atoms with Gasteiger partial charge in [0.15, 0.2) is 0 Å². The number of carbonyl (C=O) groups excluding carboxylic acids is 1. The van der Waals surface area contributed by atoms with Crippen LogP contribution in [0.2, 0.25) is 0 Å². The van der Waals surface area contributed by atoms with Crippen molar-refractivity contribution in [3.63, 3.8) is 0 Å². The maximum absolute atomic E-state index is 12.4. The number of nitrogens with one attached hydrogen (secondary N) is 1. The second kappa shape index (κ2) is 5.36. The Bertz CT molecular complexity index is 685. The van der Waals surface area contributed by atoms with Crippen LogP contribution in [0.25, 0.3) is 0 Å². The Hall–Kier alpha value is -2.69. The third kappa shape index (κ3) is 2.50. The first-order valence-electron chi connectivity index (χ1n) is 6.65. The van der Waals surface area contributed by atoms with Gasteiger partial charge in [-0.15, -0.1) is 0 Å². The van der Waals surface area contributed by atoms with Crippen molar-refractivity contribution in [2.24, 2.45) is 0 Å². The Morgan fingerprint density at radius 3 is 2.95 bits per heavy atom. The van der Waals surface area contributed by atoms with Crippen LogP contribution in [-0.4, -0.2) is 19.6 Å². The van der Waals surface area contributed by atoms with Crippen LogP contribution in [0.5, 0.6) is 11.5 Å². The minimum atomic E-state index is -0.301. The summed E-state index contributed by atoms with van der Waals surface area (Å²) in [5, 5.41) is 2.87. The molecular weight excluding hydrogens is 268 g/mol. The van der Waals surface area contributed by atoms with Gasteiger partial charge in [0.05, 0.1) is 12.8 Å². The zero-order valence-corrected chi connectivity index (χ0v) is 11.6. The largest absolute Gasteiger partial charge is 0.495 e. The number of methoxy groups -OCH3 is 1. The van der Waals surface area contributed by atoms with Crippen molar-refractivity contribution in [2.75, 3.05) is 24.8 Å². The van der Waals surface area contributed by atoms with Crippen LogP contribution in [0, 0.1) is 0 Å². The number of benzene rings is 2. The molecule has 0 aliphatic carbocycles. The van der Waals surface area contributed by atoms with Crippen LogP contribution in [0.1, 0.15) is 11.5 Å². The summed E-state index contributed by atoms with van der Waals surface area (Å²) in [6, 6.07) is 12.7. The summed E-state index contributed by atoms with van der Waals surface area (Å²) >= 11 is 0. The van der Waals surface area contributed by atoms with Crippen LogP contribution in [-0.2, 0) is 4.79 Å². The number of amides is 1. The Morgan fingerprint density at radius 2 is 2.14 bits per heavy atom. The molecule has 3 N–H and O–H groups in total. The molecule has 0 saturated heterocycles. The number of ether oxygens (including phenoxy) is 2. The first-order chi connectivity index (χ1) is 10.2. The molecule has 0 bridgehead atoms. The maximum atomic E-state index is 12.4. The van der Waals surface area contributed by atoms with E-state index in [1.807, 2.05) is 24.3 Å². The summed E-state index contributed by atoms with van der Waals surface area (Å²) < 4.78 is 10.7. The molecule has 1 unspecified atom stereocenters.